The highest BCUT2D eigenvalue weighted by Crippen LogP contribution is 2.42. The summed E-state index contributed by atoms with van der Waals surface area (Å²) in [5, 5.41) is 14.4. The lowest BCUT2D eigenvalue weighted by atomic mass is 9.79. The second-order valence-electron chi connectivity index (χ2n) is 6.17. The van der Waals surface area contributed by atoms with Gasteiger partial charge in [0.25, 0.3) is 15.8 Å². The molecule has 0 saturated heterocycles. The van der Waals surface area contributed by atoms with Crippen molar-refractivity contribution in [2.75, 3.05) is 20.5 Å². The molecule has 12 heteroatoms. The van der Waals surface area contributed by atoms with E-state index in [4.69, 9.17) is 14.0 Å². The molecular weight excluding hydrogens is 420 g/mol. The first kappa shape index (κ1) is 24.8. The van der Waals surface area contributed by atoms with Crippen molar-refractivity contribution in [2.24, 2.45) is 0 Å². The molecule has 2 N–H and O–H groups in total. The Balaban J connectivity index is 0.000000804. The van der Waals surface area contributed by atoms with Gasteiger partial charge in [-0.05, 0) is 13.8 Å². The third-order valence-electron chi connectivity index (χ3n) is 4.02. The second kappa shape index (κ2) is 9.98. The Kier molecular flexibility index (Phi) is 8.25. The molecule has 1 aromatic carbocycles. The predicted octanol–water partition coefficient (Wildman–Crippen LogP) is 1.68. The maximum Gasteiger partial charge on any atom is 0.336 e. The third kappa shape index (κ3) is 6.12. The first-order valence-electron chi connectivity index (χ1n) is 8.34. The van der Waals surface area contributed by atoms with Gasteiger partial charge >= 0.3 is 11.9 Å². The number of dihydropyridines is 1. The molecule has 0 aliphatic carbocycles. The average molecular weight is 442 g/mol. The fourth-order valence-electron chi connectivity index (χ4n) is 2.96. The summed E-state index contributed by atoms with van der Waals surface area (Å²) in [5.41, 5.74) is 1.19. The smallest absolute Gasteiger partial charge is 0.336 e. The van der Waals surface area contributed by atoms with E-state index < -0.39 is 32.9 Å². The fourth-order valence-corrected chi connectivity index (χ4v) is 2.96. The summed E-state index contributed by atoms with van der Waals surface area (Å²) >= 11 is 0. The molecule has 0 spiro atoms. The lowest BCUT2D eigenvalue weighted by molar-refractivity contribution is -0.385. The van der Waals surface area contributed by atoms with Crippen LogP contribution in [0.15, 0.2) is 46.8 Å². The van der Waals surface area contributed by atoms with Gasteiger partial charge in [-0.3, -0.25) is 14.7 Å². The van der Waals surface area contributed by atoms with E-state index in [0.717, 1.165) is 0 Å². The number of nitro benzene ring substituents is 1. The number of allylic oxidation sites excluding steroid dienone is 2. The van der Waals surface area contributed by atoms with Crippen LogP contribution in [0.4, 0.5) is 5.69 Å². The summed E-state index contributed by atoms with van der Waals surface area (Å²) in [4.78, 5) is 35.6. The van der Waals surface area contributed by atoms with Gasteiger partial charge in [0, 0.05) is 23.0 Å². The molecule has 0 radical (unpaired) electrons. The van der Waals surface area contributed by atoms with Gasteiger partial charge in [-0.1, -0.05) is 18.2 Å². The zero-order chi connectivity index (χ0) is 23.2. The topological polar surface area (TPSA) is 162 Å². The maximum atomic E-state index is 12.3. The molecule has 0 aromatic heterocycles. The van der Waals surface area contributed by atoms with Crippen LogP contribution in [0.3, 0.4) is 0 Å². The summed E-state index contributed by atoms with van der Waals surface area (Å²) in [6.07, 6.45) is 0.715. The molecule has 1 aromatic rings. The molecule has 2 rings (SSSR count). The number of nitrogens with one attached hydrogen (secondary N) is 1. The summed E-state index contributed by atoms with van der Waals surface area (Å²) in [6, 6.07) is 5.97. The number of nitrogens with zero attached hydrogens (tertiary/aromatic N) is 1. The summed E-state index contributed by atoms with van der Waals surface area (Å²) in [5.74, 6) is -2.33. The van der Waals surface area contributed by atoms with E-state index >= 15 is 0 Å². The molecule has 0 amide bonds. The highest BCUT2D eigenvalue weighted by atomic mass is 32.2. The Morgan fingerprint density at radius 1 is 1.07 bits per heavy atom. The number of esters is 2. The Labute approximate surface area is 173 Å². The first-order valence-corrected chi connectivity index (χ1v) is 10.2. The fraction of sp³-hybridized carbons (Fsp3) is 0.333. The molecule has 0 saturated carbocycles. The van der Waals surface area contributed by atoms with E-state index in [9.17, 15) is 28.1 Å². The predicted molar refractivity (Wildman–Crippen MR) is 106 cm³/mol. The van der Waals surface area contributed by atoms with Gasteiger partial charge in [0.1, 0.15) is 0 Å². The summed E-state index contributed by atoms with van der Waals surface area (Å²) in [7, 11) is -1.25. The molecule has 1 heterocycles. The monoisotopic (exact) mass is 442 g/mol. The van der Waals surface area contributed by atoms with Crippen LogP contribution in [0.2, 0.25) is 0 Å². The van der Waals surface area contributed by atoms with E-state index in [2.05, 4.69) is 5.32 Å². The normalized spacial score (nSPS) is 14.3. The van der Waals surface area contributed by atoms with Crippen molar-refractivity contribution in [3.63, 3.8) is 0 Å². The van der Waals surface area contributed by atoms with Crippen molar-refractivity contribution in [1.82, 2.24) is 5.32 Å². The van der Waals surface area contributed by atoms with Crippen molar-refractivity contribution in [3.8, 4) is 0 Å². The number of hydrogen-bond donors (Lipinski definition) is 2. The zero-order valence-electron chi connectivity index (χ0n) is 17.0. The number of hydrogen-bond acceptors (Lipinski definition) is 9. The Morgan fingerprint density at radius 2 is 1.47 bits per heavy atom. The second-order valence-corrected chi connectivity index (χ2v) is 7.63. The average Bonchev–Trinajstić information content (AvgIpc) is 2.64. The molecule has 11 nitrogen and oxygen atoms in total. The van der Waals surface area contributed by atoms with Crippen LogP contribution in [0.25, 0.3) is 0 Å². The van der Waals surface area contributed by atoms with E-state index in [1.165, 1.54) is 32.4 Å². The van der Waals surface area contributed by atoms with E-state index in [1.807, 2.05) is 0 Å². The van der Waals surface area contributed by atoms with Crippen LogP contribution in [0.5, 0.6) is 0 Å². The first-order chi connectivity index (χ1) is 13.8. The van der Waals surface area contributed by atoms with Crippen LogP contribution < -0.4 is 5.32 Å². The molecule has 0 fully saturated rings. The van der Waals surface area contributed by atoms with Gasteiger partial charge in [0.15, 0.2) is 0 Å². The Bertz CT molecular complexity index is 980. The Morgan fingerprint density at radius 3 is 1.83 bits per heavy atom. The molecule has 0 unspecified atom stereocenters. The Hall–Kier alpha value is -3.25. The molecule has 0 atom stereocenters. The molecule has 1 aliphatic heterocycles. The highest BCUT2D eigenvalue weighted by Gasteiger charge is 2.40. The minimum absolute atomic E-state index is 0.128. The van der Waals surface area contributed by atoms with Crippen molar-refractivity contribution in [1.29, 1.82) is 0 Å². The standard InChI is InChI=1S/C17H18N2O6.CH4O3S/c1-9-13(16(20)24-3)15(14(10(2)18-9)17(21)25-4)11-7-5-6-8-12(11)19(22)23;1-5(2,3)4/h5-8,15,18H,1-4H3;1H3,(H,2,3,4). The van der Waals surface area contributed by atoms with Crippen LogP contribution in [-0.4, -0.2) is 50.3 Å². The number of para-hydroxylation sites is 1. The largest absolute Gasteiger partial charge is 0.466 e. The SMILES string of the molecule is COC(=O)C1=C(C)NC(C)=C(C(=O)OC)C1c1ccccc1[N+](=O)[O-].CS(=O)(=O)O. The highest BCUT2D eigenvalue weighted by molar-refractivity contribution is 7.85. The number of carbonyl (C=O) groups excluding carboxylic acids is 2. The molecule has 164 valence electrons. The quantitative estimate of drug-likeness (QED) is 0.303. The number of rotatable bonds is 4. The van der Waals surface area contributed by atoms with E-state index in [-0.39, 0.29) is 22.4 Å². The van der Waals surface area contributed by atoms with Crippen molar-refractivity contribution in [3.05, 3.63) is 62.5 Å². The van der Waals surface area contributed by atoms with Crippen LogP contribution in [-0.2, 0) is 29.2 Å². The van der Waals surface area contributed by atoms with Gasteiger partial charge in [-0.2, -0.15) is 8.42 Å². The molecule has 0 bridgehead atoms. The van der Waals surface area contributed by atoms with Gasteiger partial charge in [-0.15, -0.1) is 0 Å². The van der Waals surface area contributed by atoms with Crippen molar-refractivity contribution < 1.29 is 37.0 Å². The minimum atomic E-state index is -3.67. The summed E-state index contributed by atoms with van der Waals surface area (Å²) in [6.45, 7) is 3.29. The molecule has 30 heavy (non-hydrogen) atoms. The van der Waals surface area contributed by atoms with Gasteiger partial charge in [0.05, 0.1) is 42.5 Å². The van der Waals surface area contributed by atoms with Crippen LogP contribution in [0, 0.1) is 10.1 Å². The number of benzene rings is 1. The lowest BCUT2D eigenvalue weighted by Gasteiger charge is -2.29. The number of ether oxygens (including phenoxy) is 2. The van der Waals surface area contributed by atoms with Crippen molar-refractivity contribution in [2.45, 2.75) is 19.8 Å². The van der Waals surface area contributed by atoms with Crippen LogP contribution >= 0.6 is 0 Å². The maximum absolute atomic E-state index is 12.3. The minimum Gasteiger partial charge on any atom is -0.466 e. The third-order valence-corrected chi connectivity index (χ3v) is 4.02. The van der Waals surface area contributed by atoms with Gasteiger partial charge in [0.2, 0.25) is 0 Å². The lowest BCUT2D eigenvalue weighted by Crippen LogP contribution is -2.32. The van der Waals surface area contributed by atoms with Crippen LogP contribution in [0.1, 0.15) is 25.3 Å². The zero-order valence-corrected chi connectivity index (χ0v) is 17.8. The van der Waals surface area contributed by atoms with Gasteiger partial charge in [-0.25, -0.2) is 9.59 Å². The van der Waals surface area contributed by atoms with Gasteiger partial charge < -0.3 is 14.8 Å². The number of nitro groups is 1. The van der Waals surface area contributed by atoms with Crippen molar-refractivity contribution >= 4 is 27.7 Å². The van der Waals surface area contributed by atoms with E-state index in [1.54, 1.807) is 19.9 Å². The molecule has 1 aliphatic rings. The summed E-state index contributed by atoms with van der Waals surface area (Å²) < 4.78 is 35.5. The molecular formula is C18H22N2O9S. The van der Waals surface area contributed by atoms with E-state index in [0.29, 0.717) is 17.6 Å². The number of methoxy groups -OCH3 is 2. The number of carbonyl (C=O) groups is 2.